The quantitative estimate of drug-likeness (QED) is 0.565. The van der Waals surface area contributed by atoms with Crippen LogP contribution in [0.25, 0.3) is 0 Å². The molecule has 68 valence electrons. The molecule has 0 aliphatic heterocycles. The Morgan fingerprint density at radius 3 is 2.27 bits per heavy atom. The summed E-state index contributed by atoms with van der Waals surface area (Å²) in [6.45, 7) is 5.47. The number of unbranched alkanes of at least 4 members (excludes halogenated alkanes) is 2. The van der Waals surface area contributed by atoms with E-state index in [1.54, 1.807) is 0 Å². The van der Waals surface area contributed by atoms with Crippen LogP contribution in [0.1, 0.15) is 52.4 Å². The monoisotopic (exact) mass is 157 g/mol. The zero-order chi connectivity index (χ0) is 8.53. The maximum absolute atomic E-state index is 5.41. The van der Waals surface area contributed by atoms with Crippen molar-refractivity contribution < 1.29 is 0 Å². The Bertz CT molecular complexity index is 71.3. The maximum Gasteiger partial charge on any atom is -0.00773 e. The third-order valence-corrected chi connectivity index (χ3v) is 2.20. The van der Waals surface area contributed by atoms with Gasteiger partial charge >= 0.3 is 0 Å². The largest absolute Gasteiger partial charge is 0.330 e. The molecule has 0 fully saturated rings. The lowest BCUT2D eigenvalue weighted by molar-refractivity contribution is 0.451. The molecule has 1 nitrogen and oxygen atoms in total. The summed E-state index contributed by atoms with van der Waals surface area (Å²) >= 11 is 0. The van der Waals surface area contributed by atoms with E-state index in [1.807, 2.05) is 0 Å². The summed E-state index contributed by atoms with van der Waals surface area (Å²) in [4.78, 5) is 0. The molecule has 2 N–H and O–H groups in total. The van der Waals surface area contributed by atoms with Gasteiger partial charge in [-0.05, 0) is 18.9 Å². The summed E-state index contributed by atoms with van der Waals surface area (Å²) < 4.78 is 0. The Morgan fingerprint density at radius 1 is 1.09 bits per heavy atom. The summed E-state index contributed by atoms with van der Waals surface area (Å²) in [7, 11) is 0. The van der Waals surface area contributed by atoms with E-state index in [4.69, 9.17) is 5.73 Å². The van der Waals surface area contributed by atoms with Gasteiger partial charge in [0, 0.05) is 0 Å². The van der Waals surface area contributed by atoms with Crippen LogP contribution < -0.4 is 5.73 Å². The summed E-state index contributed by atoms with van der Waals surface area (Å²) in [6, 6.07) is 0. The molecule has 0 aliphatic rings. The van der Waals surface area contributed by atoms with Crippen LogP contribution in [0, 0.1) is 5.92 Å². The van der Waals surface area contributed by atoms with Crippen molar-refractivity contribution in [2.24, 2.45) is 11.7 Å². The lowest BCUT2D eigenvalue weighted by atomic mass is 9.98. The smallest absolute Gasteiger partial charge is 0.00773 e. The first-order valence-electron chi connectivity index (χ1n) is 5.01. The number of rotatable bonds is 7. The van der Waals surface area contributed by atoms with Crippen molar-refractivity contribution in [3.05, 3.63) is 0 Å². The first-order valence-corrected chi connectivity index (χ1v) is 5.01. The van der Waals surface area contributed by atoms with E-state index in [9.17, 15) is 0 Å². The van der Waals surface area contributed by atoms with E-state index >= 15 is 0 Å². The normalized spacial score (nSPS) is 13.4. The standard InChI is InChI=1S/C10H23N/c1-3-4-7-10(2)8-5-6-9-11/h10H,3-9,11H2,1-2H3/t10-/m0/s1. The zero-order valence-electron chi connectivity index (χ0n) is 8.10. The molecule has 0 aromatic rings. The molecule has 1 atom stereocenters. The molecular weight excluding hydrogens is 134 g/mol. The number of hydrogen-bond donors (Lipinski definition) is 1. The van der Waals surface area contributed by atoms with Crippen LogP contribution in [0.3, 0.4) is 0 Å². The molecule has 0 spiro atoms. The SMILES string of the molecule is CCCC[C@H](C)CCCCN. The van der Waals surface area contributed by atoms with Gasteiger partial charge in [0.2, 0.25) is 0 Å². The Balaban J connectivity index is 3.02. The van der Waals surface area contributed by atoms with E-state index in [2.05, 4.69) is 13.8 Å². The van der Waals surface area contributed by atoms with Crippen LogP contribution in [-0.2, 0) is 0 Å². The van der Waals surface area contributed by atoms with Crippen LogP contribution >= 0.6 is 0 Å². The lowest BCUT2D eigenvalue weighted by Crippen LogP contribution is -2.00. The molecule has 0 rings (SSSR count). The summed E-state index contributed by atoms with van der Waals surface area (Å²) in [5.41, 5.74) is 5.41. The Kier molecular flexibility index (Phi) is 8.03. The molecule has 0 heterocycles. The van der Waals surface area contributed by atoms with Gasteiger partial charge in [0.25, 0.3) is 0 Å². The van der Waals surface area contributed by atoms with Crippen LogP contribution in [0.2, 0.25) is 0 Å². The second-order valence-corrected chi connectivity index (χ2v) is 3.53. The minimum atomic E-state index is 0.862. The minimum Gasteiger partial charge on any atom is -0.330 e. The molecular formula is C10H23N. The van der Waals surface area contributed by atoms with E-state index < -0.39 is 0 Å². The Morgan fingerprint density at radius 2 is 1.73 bits per heavy atom. The predicted octanol–water partition coefficient (Wildman–Crippen LogP) is 2.94. The third-order valence-electron chi connectivity index (χ3n) is 2.20. The molecule has 0 saturated heterocycles. The van der Waals surface area contributed by atoms with Crippen LogP contribution in [0.15, 0.2) is 0 Å². The van der Waals surface area contributed by atoms with Gasteiger partial charge in [-0.15, -0.1) is 0 Å². The molecule has 0 bridgehead atoms. The molecule has 1 heteroatoms. The van der Waals surface area contributed by atoms with Crippen LogP contribution in [-0.4, -0.2) is 6.54 Å². The lowest BCUT2D eigenvalue weighted by Gasteiger charge is -2.09. The van der Waals surface area contributed by atoms with Crippen LogP contribution in [0.5, 0.6) is 0 Å². The van der Waals surface area contributed by atoms with E-state index in [0.717, 1.165) is 12.5 Å². The van der Waals surface area contributed by atoms with Gasteiger partial charge < -0.3 is 5.73 Å². The highest BCUT2D eigenvalue weighted by Gasteiger charge is 1.99. The van der Waals surface area contributed by atoms with Gasteiger partial charge in [0.15, 0.2) is 0 Å². The maximum atomic E-state index is 5.41. The topological polar surface area (TPSA) is 26.0 Å². The first kappa shape index (κ1) is 11.0. The average Bonchev–Trinajstić information content (AvgIpc) is 2.01. The second kappa shape index (κ2) is 8.06. The molecule has 0 saturated carbocycles. The van der Waals surface area contributed by atoms with Gasteiger partial charge in [-0.3, -0.25) is 0 Å². The van der Waals surface area contributed by atoms with Crippen molar-refractivity contribution in [3.8, 4) is 0 Å². The van der Waals surface area contributed by atoms with Crippen molar-refractivity contribution in [1.29, 1.82) is 0 Å². The van der Waals surface area contributed by atoms with Gasteiger partial charge in [-0.2, -0.15) is 0 Å². The second-order valence-electron chi connectivity index (χ2n) is 3.53. The van der Waals surface area contributed by atoms with E-state index in [0.29, 0.717) is 0 Å². The van der Waals surface area contributed by atoms with Gasteiger partial charge in [0.1, 0.15) is 0 Å². The van der Waals surface area contributed by atoms with E-state index in [-0.39, 0.29) is 0 Å². The fourth-order valence-corrected chi connectivity index (χ4v) is 1.33. The Hall–Kier alpha value is -0.0400. The van der Waals surface area contributed by atoms with Crippen molar-refractivity contribution >= 4 is 0 Å². The number of hydrogen-bond acceptors (Lipinski definition) is 1. The fourth-order valence-electron chi connectivity index (χ4n) is 1.33. The van der Waals surface area contributed by atoms with Crippen molar-refractivity contribution in [2.45, 2.75) is 52.4 Å². The van der Waals surface area contributed by atoms with Gasteiger partial charge in [0.05, 0.1) is 0 Å². The predicted molar refractivity (Wildman–Crippen MR) is 51.6 cm³/mol. The molecule has 0 radical (unpaired) electrons. The van der Waals surface area contributed by atoms with Crippen molar-refractivity contribution in [3.63, 3.8) is 0 Å². The fraction of sp³-hybridized carbons (Fsp3) is 1.00. The highest BCUT2D eigenvalue weighted by atomic mass is 14.5. The molecule has 0 aromatic heterocycles. The van der Waals surface area contributed by atoms with Gasteiger partial charge in [-0.25, -0.2) is 0 Å². The number of nitrogens with two attached hydrogens (primary N) is 1. The average molecular weight is 157 g/mol. The molecule has 0 aliphatic carbocycles. The van der Waals surface area contributed by atoms with Crippen LogP contribution in [0.4, 0.5) is 0 Å². The van der Waals surface area contributed by atoms with Gasteiger partial charge in [-0.1, -0.05) is 46.0 Å². The summed E-state index contributed by atoms with van der Waals surface area (Å²) in [5.74, 6) is 0.918. The third kappa shape index (κ3) is 7.86. The molecule has 0 amide bonds. The van der Waals surface area contributed by atoms with E-state index in [1.165, 1.54) is 38.5 Å². The minimum absolute atomic E-state index is 0.862. The summed E-state index contributed by atoms with van der Waals surface area (Å²) in [6.07, 6.45) is 8.03. The molecule has 0 unspecified atom stereocenters. The zero-order valence-corrected chi connectivity index (χ0v) is 8.10. The molecule has 0 aromatic carbocycles. The van der Waals surface area contributed by atoms with Crippen molar-refractivity contribution in [2.75, 3.05) is 6.54 Å². The molecule has 11 heavy (non-hydrogen) atoms. The van der Waals surface area contributed by atoms with Crippen molar-refractivity contribution in [1.82, 2.24) is 0 Å². The highest BCUT2D eigenvalue weighted by molar-refractivity contribution is 4.53. The Labute approximate surface area is 71.4 Å². The highest BCUT2D eigenvalue weighted by Crippen LogP contribution is 2.14. The summed E-state index contributed by atoms with van der Waals surface area (Å²) in [5, 5.41) is 0. The first-order chi connectivity index (χ1) is 5.31.